The fourth-order valence-electron chi connectivity index (χ4n) is 1.62. The molecule has 0 aliphatic carbocycles. The fourth-order valence-corrected chi connectivity index (χ4v) is 1.62. The van der Waals surface area contributed by atoms with E-state index < -0.39 is 0 Å². The predicted molar refractivity (Wildman–Crippen MR) is 74.5 cm³/mol. The van der Waals surface area contributed by atoms with Crippen molar-refractivity contribution in [3.05, 3.63) is 48.2 Å². The van der Waals surface area contributed by atoms with Crippen molar-refractivity contribution in [2.75, 3.05) is 25.6 Å². The van der Waals surface area contributed by atoms with E-state index in [-0.39, 0.29) is 5.91 Å². The summed E-state index contributed by atoms with van der Waals surface area (Å²) in [7, 11) is 1.59. The largest absolute Gasteiger partial charge is 0.467 e. The zero-order valence-corrected chi connectivity index (χ0v) is 11.3. The topological polar surface area (TPSA) is 76.4 Å². The zero-order valence-electron chi connectivity index (χ0n) is 11.3. The van der Waals surface area contributed by atoms with Gasteiger partial charge in [0.25, 0.3) is 5.91 Å². The molecule has 0 unspecified atom stereocenters. The summed E-state index contributed by atoms with van der Waals surface area (Å²) in [6.07, 6.45) is 3.22. The third kappa shape index (κ3) is 4.10. The molecule has 6 heteroatoms. The van der Waals surface area contributed by atoms with Crippen molar-refractivity contribution in [2.45, 2.75) is 6.54 Å². The van der Waals surface area contributed by atoms with E-state index in [2.05, 4.69) is 15.6 Å². The van der Waals surface area contributed by atoms with Gasteiger partial charge in [-0.05, 0) is 24.3 Å². The number of nitrogens with zero attached hydrogens (tertiary/aromatic N) is 1. The molecule has 0 saturated carbocycles. The predicted octanol–water partition coefficient (Wildman–Crippen LogP) is 1.66. The van der Waals surface area contributed by atoms with Gasteiger partial charge >= 0.3 is 0 Å². The normalized spacial score (nSPS) is 10.2. The second-order valence-corrected chi connectivity index (χ2v) is 4.11. The first-order valence-corrected chi connectivity index (χ1v) is 6.29. The number of amides is 1. The average molecular weight is 275 g/mol. The number of ether oxygens (including phenoxy) is 1. The van der Waals surface area contributed by atoms with Gasteiger partial charge in [-0.2, -0.15) is 0 Å². The Bertz CT molecular complexity index is 540. The van der Waals surface area contributed by atoms with E-state index in [9.17, 15) is 4.79 Å². The van der Waals surface area contributed by atoms with Crippen LogP contribution in [0.2, 0.25) is 0 Å². The molecule has 0 spiro atoms. The first-order valence-electron chi connectivity index (χ1n) is 6.29. The number of carbonyl (C=O) groups excluding carboxylic acids is 1. The first-order chi connectivity index (χ1) is 9.79. The number of carbonyl (C=O) groups is 1. The van der Waals surface area contributed by atoms with Gasteiger partial charge in [-0.1, -0.05) is 0 Å². The molecule has 0 fully saturated rings. The molecule has 0 bridgehead atoms. The van der Waals surface area contributed by atoms with Crippen LogP contribution in [-0.4, -0.2) is 31.2 Å². The summed E-state index contributed by atoms with van der Waals surface area (Å²) in [4.78, 5) is 15.9. The minimum atomic E-state index is -0.219. The first kappa shape index (κ1) is 14.1. The van der Waals surface area contributed by atoms with E-state index in [1.54, 1.807) is 31.7 Å². The van der Waals surface area contributed by atoms with Crippen molar-refractivity contribution >= 4 is 11.6 Å². The maximum atomic E-state index is 11.8. The van der Waals surface area contributed by atoms with Gasteiger partial charge in [0, 0.05) is 25.5 Å². The van der Waals surface area contributed by atoms with Gasteiger partial charge in [0.1, 0.15) is 11.5 Å². The molecule has 2 aromatic rings. The minimum Gasteiger partial charge on any atom is -0.467 e. The van der Waals surface area contributed by atoms with Gasteiger partial charge < -0.3 is 19.8 Å². The Morgan fingerprint density at radius 3 is 3.10 bits per heavy atom. The van der Waals surface area contributed by atoms with Gasteiger partial charge in [0.05, 0.1) is 19.4 Å². The zero-order chi connectivity index (χ0) is 14.2. The molecule has 0 aliphatic heterocycles. The van der Waals surface area contributed by atoms with Gasteiger partial charge in [0.2, 0.25) is 0 Å². The molecule has 0 radical (unpaired) electrons. The number of rotatable bonds is 7. The van der Waals surface area contributed by atoms with Crippen molar-refractivity contribution in [1.82, 2.24) is 10.3 Å². The van der Waals surface area contributed by atoms with Crippen molar-refractivity contribution in [3.63, 3.8) is 0 Å². The Morgan fingerprint density at radius 1 is 1.45 bits per heavy atom. The third-order valence-corrected chi connectivity index (χ3v) is 2.63. The maximum Gasteiger partial charge on any atom is 0.270 e. The van der Waals surface area contributed by atoms with E-state index >= 15 is 0 Å². The SMILES string of the molecule is COCCNC(=O)c1cc(NCc2ccco2)ccn1. The lowest BCUT2D eigenvalue weighted by Gasteiger charge is -2.07. The number of hydrogen-bond acceptors (Lipinski definition) is 5. The Hall–Kier alpha value is -2.34. The summed E-state index contributed by atoms with van der Waals surface area (Å²) in [5.74, 6) is 0.608. The second-order valence-electron chi connectivity index (χ2n) is 4.11. The molecule has 6 nitrogen and oxygen atoms in total. The molecule has 0 aromatic carbocycles. The molecule has 2 rings (SSSR count). The smallest absolute Gasteiger partial charge is 0.270 e. The van der Waals surface area contributed by atoms with Crippen molar-refractivity contribution in [1.29, 1.82) is 0 Å². The van der Waals surface area contributed by atoms with Crippen LogP contribution >= 0.6 is 0 Å². The highest BCUT2D eigenvalue weighted by Gasteiger charge is 2.07. The van der Waals surface area contributed by atoms with Crippen LogP contribution in [0.1, 0.15) is 16.2 Å². The van der Waals surface area contributed by atoms with E-state index in [4.69, 9.17) is 9.15 Å². The van der Waals surface area contributed by atoms with Crippen LogP contribution < -0.4 is 10.6 Å². The fraction of sp³-hybridized carbons (Fsp3) is 0.286. The second kappa shape index (κ2) is 7.30. The molecule has 106 valence electrons. The highest BCUT2D eigenvalue weighted by molar-refractivity contribution is 5.93. The summed E-state index contributed by atoms with van der Waals surface area (Å²) >= 11 is 0. The average Bonchev–Trinajstić information content (AvgIpc) is 2.99. The Morgan fingerprint density at radius 2 is 2.35 bits per heavy atom. The molecule has 2 aromatic heterocycles. The number of furan rings is 1. The van der Waals surface area contributed by atoms with Crippen LogP contribution in [0.5, 0.6) is 0 Å². The molecular weight excluding hydrogens is 258 g/mol. The van der Waals surface area contributed by atoms with E-state index in [1.807, 2.05) is 12.1 Å². The summed E-state index contributed by atoms with van der Waals surface area (Å²) < 4.78 is 10.1. The third-order valence-electron chi connectivity index (χ3n) is 2.63. The lowest BCUT2D eigenvalue weighted by molar-refractivity contribution is 0.0932. The van der Waals surface area contributed by atoms with E-state index in [0.29, 0.717) is 25.4 Å². The van der Waals surface area contributed by atoms with Crippen LogP contribution in [0.4, 0.5) is 5.69 Å². The van der Waals surface area contributed by atoms with Crippen LogP contribution in [0.3, 0.4) is 0 Å². The quantitative estimate of drug-likeness (QED) is 0.752. The van der Waals surface area contributed by atoms with Crippen LogP contribution in [0.25, 0.3) is 0 Å². The molecule has 0 aliphatic rings. The van der Waals surface area contributed by atoms with Crippen LogP contribution in [-0.2, 0) is 11.3 Å². The number of aromatic nitrogens is 1. The molecule has 1 amide bonds. The van der Waals surface area contributed by atoms with E-state index in [0.717, 1.165) is 11.4 Å². The number of pyridine rings is 1. The molecule has 20 heavy (non-hydrogen) atoms. The molecular formula is C14H17N3O3. The Labute approximate surface area is 117 Å². The molecule has 0 atom stereocenters. The molecule has 0 saturated heterocycles. The Balaban J connectivity index is 1.91. The summed E-state index contributed by atoms with van der Waals surface area (Å²) in [5.41, 5.74) is 1.18. The van der Waals surface area contributed by atoms with Crippen LogP contribution in [0.15, 0.2) is 41.1 Å². The van der Waals surface area contributed by atoms with Gasteiger partial charge in [0.15, 0.2) is 0 Å². The Kier molecular flexibility index (Phi) is 5.14. The highest BCUT2D eigenvalue weighted by Crippen LogP contribution is 2.10. The summed E-state index contributed by atoms with van der Waals surface area (Å²) in [6, 6.07) is 7.21. The summed E-state index contributed by atoms with van der Waals surface area (Å²) in [6.45, 7) is 1.49. The lowest BCUT2D eigenvalue weighted by Crippen LogP contribution is -2.27. The number of hydrogen-bond donors (Lipinski definition) is 2. The van der Waals surface area contributed by atoms with E-state index in [1.165, 1.54) is 0 Å². The maximum absolute atomic E-state index is 11.8. The van der Waals surface area contributed by atoms with Gasteiger partial charge in [-0.25, -0.2) is 0 Å². The van der Waals surface area contributed by atoms with Crippen LogP contribution in [0, 0.1) is 0 Å². The number of nitrogens with one attached hydrogen (secondary N) is 2. The number of anilines is 1. The molecule has 2 N–H and O–H groups in total. The summed E-state index contributed by atoms with van der Waals surface area (Å²) in [5, 5.41) is 5.90. The number of methoxy groups -OCH3 is 1. The lowest BCUT2D eigenvalue weighted by atomic mass is 10.3. The van der Waals surface area contributed by atoms with Gasteiger partial charge in [-0.15, -0.1) is 0 Å². The highest BCUT2D eigenvalue weighted by atomic mass is 16.5. The monoisotopic (exact) mass is 275 g/mol. The van der Waals surface area contributed by atoms with Crippen molar-refractivity contribution in [2.24, 2.45) is 0 Å². The van der Waals surface area contributed by atoms with Crippen molar-refractivity contribution in [3.8, 4) is 0 Å². The minimum absolute atomic E-state index is 0.219. The van der Waals surface area contributed by atoms with Gasteiger partial charge in [-0.3, -0.25) is 9.78 Å². The standard InChI is InChI=1S/C14H17N3O3/c1-19-8-6-16-14(18)13-9-11(4-5-15-13)17-10-12-3-2-7-20-12/h2-5,7,9H,6,8,10H2,1H3,(H,15,17)(H,16,18). The molecule has 2 heterocycles. The van der Waals surface area contributed by atoms with Crippen molar-refractivity contribution < 1.29 is 13.9 Å².